The number of hydrogen-bond acceptors (Lipinski definition) is 3. The molecule has 2 rings (SSSR count). The van der Waals surface area contributed by atoms with Crippen LogP contribution in [0.15, 0.2) is 18.2 Å². The fourth-order valence-electron chi connectivity index (χ4n) is 2.55. The van der Waals surface area contributed by atoms with E-state index in [1.807, 2.05) is 0 Å². The van der Waals surface area contributed by atoms with Gasteiger partial charge in [0.25, 0.3) is 5.91 Å². The van der Waals surface area contributed by atoms with E-state index in [1.165, 1.54) is 12.0 Å². The van der Waals surface area contributed by atoms with Gasteiger partial charge in [0.1, 0.15) is 5.54 Å². The van der Waals surface area contributed by atoms with Crippen LogP contribution in [-0.2, 0) is 9.53 Å². The van der Waals surface area contributed by atoms with Crippen molar-refractivity contribution >= 4 is 35.1 Å². The molecule has 1 unspecified atom stereocenters. The highest BCUT2D eigenvalue weighted by atomic mass is 35.5. The zero-order valence-electron chi connectivity index (χ0n) is 11.3. The van der Waals surface area contributed by atoms with Crippen LogP contribution in [0.3, 0.4) is 0 Å². The zero-order chi connectivity index (χ0) is 14.9. The number of ether oxygens (including phenoxy) is 1. The predicted molar refractivity (Wildman–Crippen MR) is 77.2 cm³/mol. The molecule has 4 nitrogen and oxygen atoms in total. The second-order valence-corrected chi connectivity index (χ2v) is 5.86. The molecule has 0 spiro atoms. The molecule has 1 atom stereocenters. The molecule has 0 saturated carbocycles. The quantitative estimate of drug-likeness (QED) is 0.787. The molecule has 1 saturated heterocycles. The van der Waals surface area contributed by atoms with Crippen molar-refractivity contribution in [2.75, 3.05) is 13.7 Å². The molecule has 1 aliphatic heterocycles. The Balaban J connectivity index is 2.34. The van der Waals surface area contributed by atoms with Crippen molar-refractivity contribution in [3.63, 3.8) is 0 Å². The summed E-state index contributed by atoms with van der Waals surface area (Å²) in [5, 5.41) is 0.777. The highest BCUT2D eigenvalue weighted by Crippen LogP contribution is 2.32. The molecule has 0 aliphatic carbocycles. The molecule has 20 heavy (non-hydrogen) atoms. The SMILES string of the molecule is COC(=O)C1(C)CCCN1C(=O)c1cc(Cl)cc(Cl)c1. The standard InChI is InChI=1S/C14H15Cl2NO3/c1-14(13(19)20-2)4-3-5-17(14)12(18)9-6-10(15)8-11(16)7-9/h6-8H,3-5H2,1-2H3. The Morgan fingerprint density at radius 2 is 1.85 bits per heavy atom. The average molecular weight is 316 g/mol. The Hall–Kier alpha value is -1.26. The van der Waals surface area contributed by atoms with E-state index in [4.69, 9.17) is 27.9 Å². The van der Waals surface area contributed by atoms with E-state index in [-0.39, 0.29) is 5.91 Å². The van der Waals surface area contributed by atoms with Crippen LogP contribution in [0.1, 0.15) is 30.1 Å². The normalized spacial score (nSPS) is 21.9. The van der Waals surface area contributed by atoms with Gasteiger partial charge in [0.05, 0.1) is 7.11 Å². The van der Waals surface area contributed by atoms with Crippen molar-refractivity contribution in [2.45, 2.75) is 25.3 Å². The summed E-state index contributed by atoms with van der Waals surface area (Å²) < 4.78 is 4.82. The first kappa shape index (κ1) is 15.1. The van der Waals surface area contributed by atoms with Crippen molar-refractivity contribution in [3.05, 3.63) is 33.8 Å². The molecule has 1 fully saturated rings. The van der Waals surface area contributed by atoms with Crippen molar-refractivity contribution in [1.29, 1.82) is 0 Å². The molecule has 1 heterocycles. The number of hydrogen-bond donors (Lipinski definition) is 0. The number of methoxy groups -OCH3 is 1. The van der Waals surface area contributed by atoms with Gasteiger partial charge in [0, 0.05) is 22.2 Å². The molecule has 1 aromatic rings. The highest BCUT2D eigenvalue weighted by Gasteiger charge is 2.46. The summed E-state index contributed by atoms with van der Waals surface area (Å²) in [5.41, 5.74) is -0.555. The fraction of sp³-hybridized carbons (Fsp3) is 0.429. The maximum absolute atomic E-state index is 12.6. The smallest absolute Gasteiger partial charge is 0.331 e. The topological polar surface area (TPSA) is 46.6 Å². The summed E-state index contributed by atoms with van der Waals surface area (Å²) in [4.78, 5) is 26.1. The van der Waals surface area contributed by atoms with Gasteiger partial charge < -0.3 is 9.64 Å². The zero-order valence-corrected chi connectivity index (χ0v) is 12.8. The maximum Gasteiger partial charge on any atom is 0.331 e. The van der Waals surface area contributed by atoms with Gasteiger partial charge in [-0.2, -0.15) is 0 Å². The van der Waals surface area contributed by atoms with Gasteiger partial charge in [-0.1, -0.05) is 23.2 Å². The summed E-state index contributed by atoms with van der Waals surface area (Å²) in [5.74, 6) is -0.670. The number of carbonyl (C=O) groups is 2. The highest BCUT2D eigenvalue weighted by molar-refractivity contribution is 6.35. The molecule has 1 aliphatic rings. The number of nitrogens with zero attached hydrogens (tertiary/aromatic N) is 1. The van der Waals surface area contributed by atoms with E-state index in [2.05, 4.69) is 0 Å². The third-order valence-electron chi connectivity index (χ3n) is 3.62. The summed E-state index contributed by atoms with van der Waals surface area (Å²) in [6, 6.07) is 4.65. The Kier molecular flexibility index (Phi) is 4.25. The van der Waals surface area contributed by atoms with Crippen LogP contribution in [0.2, 0.25) is 10.0 Å². The van der Waals surface area contributed by atoms with E-state index in [0.29, 0.717) is 28.6 Å². The first-order valence-corrected chi connectivity index (χ1v) is 7.00. The fourth-order valence-corrected chi connectivity index (χ4v) is 3.08. The van der Waals surface area contributed by atoms with Crippen LogP contribution in [-0.4, -0.2) is 36.0 Å². The molecule has 0 radical (unpaired) electrons. The Morgan fingerprint density at radius 1 is 1.25 bits per heavy atom. The largest absolute Gasteiger partial charge is 0.467 e. The number of benzene rings is 1. The molecule has 1 amide bonds. The van der Waals surface area contributed by atoms with Crippen LogP contribution in [0.5, 0.6) is 0 Å². The number of esters is 1. The Bertz CT molecular complexity index is 541. The van der Waals surface area contributed by atoms with Gasteiger partial charge >= 0.3 is 5.97 Å². The minimum atomic E-state index is -0.930. The molecule has 0 aromatic heterocycles. The minimum Gasteiger partial charge on any atom is -0.467 e. The summed E-state index contributed by atoms with van der Waals surface area (Å²) in [6.45, 7) is 2.23. The predicted octanol–water partition coefficient (Wildman–Crippen LogP) is 3.16. The monoisotopic (exact) mass is 315 g/mol. The number of rotatable bonds is 2. The number of likely N-dealkylation sites (tertiary alicyclic amines) is 1. The van der Waals surface area contributed by atoms with E-state index < -0.39 is 11.5 Å². The van der Waals surface area contributed by atoms with Gasteiger partial charge in [-0.25, -0.2) is 4.79 Å². The van der Waals surface area contributed by atoms with E-state index >= 15 is 0 Å². The van der Waals surface area contributed by atoms with E-state index in [9.17, 15) is 9.59 Å². The molecule has 108 valence electrons. The molecule has 0 bridgehead atoms. The van der Waals surface area contributed by atoms with Gasteiger partial charge in [-0.05, 0) is 38.0 Å². The lowest BCUT2D eigenvalue weighted by Crippen LogP contribution is -2.51. The summed E-state index contributed by atoms with van der Waals surface area (Å²) in [7, 11) is 1.32. The summed E-state index contributed by atoms with van der Waals surface area (Å²) >= 11 is 11.8. The second-order valence-electron chi connectivity index (χ2n) is 4.98. The first-order chi connectivity index (χ1) is 9.38. The maximum atomic E-state index is 12.6. The second kappa shape index (κ2) is 5.62. The third kappa shape index (κ3) is 2.63. The van der Waals surface area contributed by atoms with Crippen LogP contribution >= 0.6 is 23.2 Å². The van der Waals surface area contributed by atoms with Gasteiger partial charge in [0.15, 0.2) is 0 Å². The number of halogens is 2. The Morgan fingerprint density at radius 3 is 2.40 bits per heavy atom. The van der Waals surface area contributed by atoms with Crippen LogP contribution in [0.4, 0.5) is 0 Å². The van der Waals surface area contributed by atoms with Crippen LogP contribution in [0, 0.1) is 0 Å². The van der Waals surface area contributed by atoms with Crippen molar-refractivity contribution in [1.82, 2.24) is 4.90 Å². The Labute approximate surface area is 127 Å². The third-order valence-corrected chi connectivity index (χ3v) is 4.06. The number of amides is 1. The molecular weight excluding hydrogens is 301 g/mol. The number of carbonyl (C=O) groups excluding carboxylic acids is 2. The van der Waals surface area contributed by atoms with E-state index in [0.717, 1.165) is 6.42 Å². The minimum absolute atomic E-state index is 0.264. The lowest BCUT2D eigenvalue weighted by atomic mass is 9.98. The van der Waals surface area contributed by atoms with E-state index in [1.54, 1.807) is 25.1 Å². The van der Waals surface area contributed by atoms with Crippen molar-refractivity contribution in [3.8, 4) is 0 Å². The van der Waals surface area contributed by atoms with Gasteiger partial charge in [-0.3, -0.25) is 4.79 Å². The molecule has 6 heteroatoms. The average Bonchev–Trinajstić information content (AvgIpc) is 2.79. The van der Waals surface area contributed by atoms with Crippen LogP contribution < -0.4 is 0 Å². The summed E-state index contributed by atoms with van der Waals surface area (Å²) in [6.07, 6.45) is 1.34. The molecule has 1 aromatic carbocycles. The van der Waals surface area contributed by atoms with Crippen molar-refractivity contribution in [2.24, 2.45) is 0 Å². The van der Waals surface area contributed by atoms with Gasteiger partial charge in [0.2, 0.25) is 0 Å². The van der Waals surface area contributed by atoms with Gasteiger partial charge in [-0.15, -0.1) is 0 Å². The lowest BCUT2D eigenvalue weighted by molar-refractivity contribution is -0.151. The van der Waals surface area contributed by atoms with Crippen molar-refractivity contribution < 1.29 is 14.3 Å². The lowest BCUT2D eigenvalue weighted by Gasteiger charge is -2.32. The molecule has 0 N–H and O–H groups in total. The molecular formula is C14H15Cl2NO3. The van der Waals surface area contributed by atoms with Crippen LogP contribution in [0.25, 0.3) is 0 Å². The first-order valence-electron chi connectivity index (χ1n) is 6.25.